The van der Waals surface area contributed by atoms with E-state index in [0.29, 0.717) is 4.90 Å². The molecule has 17 heavy (non-hydrogen) atoms. The molecule has 92 valence electrons. The first-order chi connectivity index (χ1) is 7.99. The van der Waals surface area contributed by atoms with E-state index in [1.807, 2.05) is 0 Å². The third kappa shape index (κ3) is 4.42. The van der Waals surface area contributed by atoms with Crippen LogP contribution < -0.4 is 5.32 Å². The van der Waals surface area contributed by atoms with E-state index in [1.54, 1.807) is 0 Å². The molecule has 0 bridgehead atoms. The van der Waals surface area contributed by atoms with Gasteiger partial charge >= 0.3 is 18.0 Å². The lowest BCUT2D eigenvalue weighted by atomic mass is 10.5. The fourth-order valence-electron chi connectivity index (χ4n) is 0.924. The second-order valence-corrected chi connectivity index (χ2v) is 3.65. The number of anilines is 1. The Morgan fingerprint density at radius 2 is 1.88 bits per heavy atom. The van der Waals surface area contributed by atoms with Gasteiger partial charge in [0.25, 0.3) is 0 Å². The largest absolute Gasteiger partial charge is 0.480 e. The van der Waals surface area contributed by atoms with Gasteiger partial charge in [0.15, 0.2) is 0 Å². The van der Waals surface area contributed by atoms with Gasteiger partial charge < -0.3 is 15.1 Å². The van der Waals surface area contributed by atoms with E-state index in [-0.39, 0.29) is 5.13 Å². The van der Waals surface area contributed by atoms with Gasteiger partial charge in [0.05, 0.1) is 0 Å². The van der Waals surface area contributed by atoms with E-state index in [1.165, 1.54) is 5.51 Å². The lowest BCUT2D eigenvalue weighted by Crippen LogP contribution is -2.41. The number of aliphatic carboxylic acids is 2. The summed E-state index contributed by atoms with van der Waals surface area (Å²) in [5.74, 6) is -2.61. The molecule has 0 aromatic carbocycles. The Hall–Kier alpha value is -2.23. The monoisotopic (exact) mass is 260 g/mol. The van der Waals surface area contributed by atoms with Crippen molar-refractivity contribution in [2.75, 3.05) is 18.4 Å². The molecule has 10 heteroatoms. The SMILES string of the molecule is O=C(O)CN(CC(=O)O)C(=O)Nc1nncs1. The van der Waals surface area contributed by atoms with Crippen LogP contribution in [0.4, 0.5) is 9.93 Å². The molecule has 0 aliphatic rings. The number of carbonyl (C=O) groups is 3. The van der Waals surface area contributed by atoms with Gasteiger partial charge in [-0.05, 0) is 0 Å². The number of hydrogen-bond acceptors (Lipinski definition) is 6. The average molecular weight is 260 g/mol. The Balaban J connectivity index is 2.65. The molecular formula is C7H8N4O5S. The van der Waals surface area contributed by atoms with Gasteiger partial charge in [-0.15, -0.1) is 10.2 Å². The molecule has 0 aliphatic heterocycles. The van der Waals surface area contributed by atoms with Crippen molar-refractivity contribution in [3.63, 3.8) is 0 Å². The molecular weight excluding hydrogens is 252 g/mol. The molecule has 1 rings (SSSR count). The van der Waals surface area contributed by atoms with Crippen molar-refractivity contribution in [1.82, 2.24) is 15.1 Å². The molecule has 0 atom stereocenters. The van der Waals surface area contributed by atoms with Gasteiger partial charge in [0, 0.05) is 0 Å². The van der Waals surface area contributed by atoms with Crippen molar-refractivity contribution in [1.29, 1.82) is 0 Å². The molecule has 2 amide bonds. The van der Waals surface area contributed by atoms with Gasteiger partial charge in [-0.2, -0.15) is 0 Å². The predicted octanol–water partition coefficient (Wildman–Crippen LogP) is -0.459. The normalized spacial score (nSPS) is 9.65. The lowest BCUT2D eigenvalue weighted by molar-refractivity contribution is -0.140. The van der Waals surface area contributed by atoms with E-state index in [4.69, 9.17) is 10.2 Å². The standard InChI is InChI=1S/C7H8N4O5S/c12-4(13)1-11(2-5(14)15)7(16)9-6-10-8-3-17-6/h3H,1-2H2,(H,12,13)(H,14,15)(H,9,10,16). The maximum atomic E-state index is 11.5. The van der Waals surface area contributed by atoms with Gasteiger partial charge in [-0.3, -0.25) is 14.9 Å². The molecule has 1 aromatic rings. The van der Waals surface area contributed by atoms with Crippen LogP contribution >= 0.6 is 11.3 Å². The number of amides is 2. The summed E-state index contributed by atoms with van der Waals surface area (Å²) in [6.45, 7) is -1.42. The molecule has 1 heterocycles. The van der Waals surface area contributed by atoms with Gasteiger partial charge in [-0.25, -0.2) is 4.79 Å². The summed E-state index contributed by atoms with van der Waals surface area (Å²) in [4.78, 5) is 33.1. The Labute approximate surface area is 98.7 Å². The summed E-state index contributed by atoms with van der Waals surface area (Å²) in [6, 6.07) is -0.855. The van der Waals surface area contributed by atoms with Crippen LogP contribution in [-0.2, 0) is 9.59 Å². The first-order valence-electron chi connectivity index (χ1n) is 4.24. The smallest absolute Gasteiger partial charge is 0.324 e. The summed E-state index contributed by atoms with van der Waals surface area (Å²) in [6.07, 6.45) is 0. The predicted molar refractivity (Wildman–Crippen MR) is 55.8 cm³/mol. The van der Waals surface area contributed by atoms with Gasteiger partial charge in [-0.1, -0.05) is 11.3 Å². The van der Waals surface area contributed by atoms with Crippen LogP contribution in [0, 0.1) is 0 Å². The summed E-state index contributed by atoms with van der Waals surface area (Å²) in [5, 5.41) is 26.4. The second kappa shape index (κ2) is 5.75. The third-order valence-corrected chi connectivity index (χ3v) is 2.12. The van der Waals surface area contributed by atoms with E-state index >= 15 is 0 Å². The van der Waals surface area contributed by atoms with Crippen LogP contribution in [0.15, 0.2) is 5.51 Å². The Bertz CT molecular complexity index is 404. The number of hydrogen-bond donors (Lipinski definition) is 3. The quantitative estimate of drug-likeness (QED) is 0.652. The molecule has 0 unspecified atom stereocenters. The van der Waals surface area contributed by atoms with E-state index in [9.17, 15) is 14.4 Å². The first kappa shape index (κ1) is 12.8. The molecule has 0 saturated heterocycles. The highest BCUT2D eigenvalue weighted by Crippen LogP contribution is 2.08. The topological polar surface area (TPSA) is 133 Å². The van der Waals surface area contributed by atoms with Crippen molar-refractivity contribution >= 4 is 34.4 Å². The van der Waals surface area contributed by atoms with Crippen LogP contribution in [0.3, 0.4) is 0 Å². The maximum Gasteiger partial charge on any atom is 0.324 e. The number of rotatable bonds is 5. The highest BCUT2D eigenvalue weighted by Gasteiger charge is 2.20. The zero-order chi connectivity index (χ0) is 12.8. The van der Waals surface area contributed by atoms with Crippen molar-refractivity contribution in [3.05, 3.63) is 5.51 Å². The number of carbonyl (C=O) groups excluding carboxylic acids is 1. The highest BCUT2D eigenvalue weighted by atomic mass is 32.1. The van der Waals surface area contributed by atoms with Crippen molar-refractivity contribution in [3.8, 4) is 0 Å². The van der Waals surface area contributed by atoms with Crippen LogP contribution in [0.2, 0.25) is 0 Å². The molecule has 0 radical (unpaired) electrons. The fourth-order valence-corrected chi connectivity index (χ4v) is 1.36. The van der Waals surface area contributed by atoms with Crippen molar-refractivity contribution in [2.24, 2.45) is 0 Å². The minimum atomic E-state index is -1.31. The van der Waals surface area contributed by atoms with Crippen LogP contribution in [0.25, 0.3) is 0 Å². The van der Waals surface area contributed by atoms with Gasteiger partial charge in [0.1, 0.15) is 18.6 Å². The fraction of sp³-hybridized carbons (Fsp3) is 0.286. The molecule has 9 nitrogen and oxygen atoms in total. The maximum absolute atomic E-state index is 11.5. The van der Waals surface area contributed by atoms with Crippen LogP contribution in [0.5, 0.6) is 0 Å². The zero-order valence-corrected chi connectivity index (χ0v) is 9.18. The molecule has 0 saturated carbocycles. The average Bonchev–Trinajstić information content (AvgIpc) is 2.67. The summed E-state index contributed by atoms with van der Waals surface area (Å²) in [5.41, 5.74) is 1.37. The second-order valence-electron chi connectivity index (χ2n) is 2.82. The number of carboxylic acids is 2. The first-order valence-corrected chi connectivity index (χ1v) is 5.12. The van der Waals surface area contributed by atoms with Crippen LogP contribution in [0.1, 0.15) is 0 Å². The Kier molecular flexibility index (Phi) is 4.34. The van der Waals surface area contributed by atoms with Crippen molar-refractivity contribution < 1.29 is 24.6 Å². The van der Waals surface area contributed by atoms with Crippen LogP contribution in [-0.4, -0.2) is 56.4 Å². The zero-order valence-electron chi connectivity index (χ0n) is 8.36. The summed E-state index contributed by atoms with van der Waals surface area (Å²) >= 11 is 1.03. The summed E-state index contributed by atoms with van der Waals surface area (Å²) in [7, 11) is 0. The molecule has 0 spiro atoms. The Morgan fingerprint density at radius 1 is 1.29 bits per heavy atom. The number of aromatic nitrogens is 2. The molecule has 3 N–H and O–H groups in total. The number of urea groups is 1. The molecule has 1 aromatic heterocycles. The number of nitrogens with one attached hydrogen (secondary N) is 1. The number of carboxylic acid groups (broad SMARTS) is 2. The van der Waals surface area contributed by atoms with Gasteiger partial charge in [0.2, 0.25) is 5.13 Å². The highest BCUT2D eigenvalue weighted by molar-refractivity contribution is 7.13. The lowest BCUT2D eigenvalue weighted by Gasteiger charge is -2.17. The Morgan fingerprint density at radius 3 is 2.29 bits per heavy atom. The molecule has 0 fully saturated rings. The van der Waals surface area contributed by atoms with Crippen molar-refractivity contribution in [2.45, 2.75) is 0 Å². The van der Waals surface area contributed by atoms with E-state index in [0.717, 1.165) is 11.3 Å². The van der Waals surface area contributed by atoms with E-state index < -0.39 is 31.1 Å². The third-order valence-electron chi connectivity index (χ3n) is 1.51. The molecule has 0 aliphatic carbocycles. The van der Waals surface area contributed by atoms with E-state index in [2.05, 4.69) is 15.5 Å². The minimum absolute atomic E-state index is 0.163. The summed E-state index contributed by atoms with van der Waals surface area (Å²) < 4.78 is 0. The number of nitrogens with zero attached hydrogens (tertiary/aromatic N) is 3. The minimum Gasteiger partial charge on any atom is -0.480 e.